The highest BCUT2D eigenvalue weighted by molar-refractivity contribution is 6.15. The number of rotatable bonds is 5. The van der Waals surface area contributed by atoms with E-state index in [4.69, 9.17) is 14.2 Å². The van der Waals surface area contributed by atoms with Crippen LogP contribution in [0.2, 0.25) is 0 Å². The van der Waals surface area contributed by atoms with Gasteiger partial charge in [0, 0.05) is 27.5 Å². The van der Waals surface area contributed by atoms with Crippen molar-refractivity contribution in [2.24, 2.45) is 0 Å². The summed E-state index contributed by atoms with van der Waals surface area (Å²) in [6.45, 7) is 0. The maximum atomic E-state index is 5.37. The normalized spacial score (nSPS) is 15.3. The fourth-order valence-electron chi connectivity index (χ4n) is 1.33. The van der Waals surface area contributed by atoms with Gasteiger partial charge in [0.15, 0.2) is 6.29 Å². The Morgan fingerprint density at radius 3 is 2.33 bits per heavy atom. The molecule has 0 spiro atoms. The van der Waals surface area contributed by atoms with Gasteiger partial charge in [-0.05, 0) is 12.1 Å². The number of pyridine rings is 1. The van der Waals surface area contributed by atoms with E-state index in [0.717, 1.165) is 0 Å². The highest BCUT2D eigenvalue weighted by atomic mass is 28.1. The van der Waals surface area contributed by atoms with Gasteiger partial charge >= 0.3 is 0 Å². The summed E-state index contributed by atoms with van der Waals surface area (Å²) < 4.78 is 15.7. The molecular weight excluding hydrogens is 210 g/mol. The summed E-state index contributed by atoms with van der Waals surface area (Å²) in [6, 6.07) is 5.54. The Morgan fingerprint density at radius 2 is 1.93 bits per heavy atom. The number of nitrogens with zero attached hydrogens (tertiary/aromatic N) is 1. The van der Waals surface area contributed by atoms with E-state index in [9.17, 15) is 0 Å². The molecule has 1 atom stereocenters. The summed E-state index contributed by atoms with van der Waals surface area (Å²) in [6.07, 6.45) is 1.11. The lowest BCUT2D eigenvalue weighted by Gasteiger charge is -2.33. The average molecular weight is 224 g/mol. The third kappa shape index (κ3) is 2.43. The van der Waals surface area contributed by atoms with Gasteiger partial charge in [-0.15, -0.1) is 0 Å². The van der Waals surface area contributed by atoms with Crippen molar-refractivity contribution in [1.82, 2.24) is 4.98 Å². The molecule has 1 aromatic heterocycles. The molecule has 81 valence electrons. The predicted octanol–water partition coefficient (Wildman–Crippen LogP) is 0.668. The van der Waals surface area contributed by atoms with Crippen molar-refractivity contribution in [2.75, 3.05) is 21.3 Å². The average Bonchev–Trinajstić information content (AvgIpc) is 2.31. The van der Waals surface area contributed by atoms with Crippen LogP contribution in [0.3, 0.4) is 0 Å². The van der Waals surface area contributed by atoms with Crippen LogP contribution in [0, 0.1) is 0 Å². The van der Waals surface area contributed by atoms with Crippen LogP contribution in [0.25, 0.3) is 0 Å². The lowest BCUT2D eigenvalue weighted by atomic mass is 10.2. The molecule has 1 rings (SSSR count). The van der Waals surface area contributed by atoms with Gasteiger partial charge in [0.05, 0.1) is 15.9 Å². The molecule has 0 saturated heterocycles. The second kappa shape index (κ2) is 5.36. The molecule has 1 heterocycles. The first-order valence-corrected chi connectivity index (χ1v) is 4.96. The number of hydrogen-bond donors (Lipinski definition) is 0. The molecule has 0 amide bonds. The van der Waals surface area contributed by atoms with Gasteiger partial charge < -0.3 is 14.2 Å². The van der Waals surface area contributed by atoms with E-state index in [0.29, 0.717) is 5.69 Å². The van der Waals surface area contributed by atoms with Crippen LogP contribution >= 0.6 is 0 Å². The third-order valence-electron chi connectivity index (χ3n) is 2.13. The number of methoxy groups -OCH3 is 3. The fourth-order valence-corrected chi connectivity index (χ4v) is 1.72. The summed E-state index contributed by atoms with van der Waals surface area (Å²) >= 11 is 0. The zero-order chi connectivity index (χ0) is 11.3. The molecule has 0 saturated carbocycles. The Hall–Kier alpha value is -0.753. The molecule has 0 aliphatic heterocycles. The Balaban J connectivity index is 3.04. The van der Waals surface area contributed by atoms with E-state index in [1.165, 1.54) is 0 Å². The van der Waals surface area contributed by atoms with E-state index in [2.05, 4.69) is 15.2 Å². The van der Waals surface area contributed by atoms with Crippen LogP contribution in [0.5, 0.6) is 0 Å². The summed E-state index contributed by atoms with van der Waals surface area (Å²) in [5.41, 5.74) is 0.692. The first-order chi connectivity index (χ1) is 7.19. The van der Waals surface area contributed by atoms with Crippen LogP contribution in [-0.2, 0) is 19.4 Å². The van der Waals surface area contributed by atoms with Crippen LogP contribution < -0.4 is 0 Å². The minimum atomic E-state index is -0.898. The lowest BCUT2D eigenvalue weighted by molar-refractivity contribution is -0.197. The highest BCUT2D eigenvalue weighted by Gasteiger charge is 2.38. The molecule has 5 heteroatoms. The molecule has 1 unspecified atom stereocenters. The Morgan fingerprint density at radius 1 is 1.27 bits per heavy atom. The molecule has 3 radical (unpaired) electrons. The summed E-state index contributed by atoms with van der Waals surface area (Å²) in [4.78, 5) is 4.20. The molecule has 0 N–H and O–H groups in total. The molecule has 0 aromatic carbocycles. The van der Waals surface area contributed by atoms with Crippen molar-refractivity contribution in [3.63, 3.8) is 0 Å². The number of ether oxygens (including phenoxy) is 3. The second-order valence-corrected chi connectivity index (χ2v) is 3.70. The molecule has 0 aliphatic carbocycles. The van der Waals surface area contributed by atoms with Crippen molar-refractivity contribution in [3.05, 3.63) is 30.1 Å². The second-order valence-electron chi connectivity index (χ2n) is 2.96. The third-order valence-corrected chi connectivity index (χ3v) is 2.82. The van der Waals surface area contributed by atoms with E-state index in [1.54, 1.807) is 27.5 Å². The standard InChI is InChI=1S/C10H14NO3Si/c1-12-9(13-2)10(15,14-3)8-6-4-5-7-11-8/h4-7,9H,1-3H3. The summed E-state index contributed by atoms with van der Waals surface area (Å²) in [7, 11) is 8.16. The monoisotopic (exact) mass is 224 g/mol. The minimum Gasteiger partial charge on any atom is -0.371 e. The first kappa shape index (κ1) is 12.3. The zero-order valence-corrected chi connectivity index (χ0v) is 10.1. The Labute approximate surface area is 93.0 Å². The molecule has 15 heavy (non-hydrogen) atoms. The molecule has 4 nitrogen and oxygen atoms in total. The van der Waals surface area contributed by atoms with Crippen molar-refractivity contribution in [2.45, 2.75) is 11.5 Å². The van der Waals surface area contributed by atoms with Gasteiger partial charge in [-0.2, -0.15) is 0 Å². The van der Waals surface area contributed by atoms with Crippen molar-refractivity contribution >= 4 is 10.2 Å². The zero-order valence-electron chi connectivity index (χ0n) is 9.06. The molecule has 1 aromatic rings. The SMILES string of the molecule is COC(OC)C([Si])(OC)c1ccccn1. The van der Waals surface area contributed by atoms with E-state index < -0.39 is 11.5 Å². The largest absolute Gasteiger partial charge is 0.371 e. The van der Waals surface area contributed by atoms with Gasteiger partial charge in [0.2, 0.25) is 0 Å². The van der Waals surface area contributed by atoms with Gasteiger partial charge in [-0.3, -0.25) is 4.98 Å². The van der Waals surface area contributed by atoms with Gasteiger partial charge in [0.25, 0.3) is 0 Å². The smallest absolute Gasteiger partial charge is 0.187 e. The Kier molecular flexibility index (Phi) is 4.40. The molecular formula is C10H14NO3Si. The summed E-state index contributed by atoms with van der Waals surface area (Å²) in [5.74, 6) is 0. The van der Waals surface area contributed by atoms with Crippen molar-refractivity contribution in [1.29, 1.82) is 0 Å². The first-order valence-electron chi connectivity index (χ1n) is 4.46. The van der Waals surface area contributed by atoms with Crippen LogP contribution in [0.4, 0.5) is 0 Å². The maximum Gasteiger partial charge on any atom is 0.187 e. The van der Waals surface area contributed by atoms with Crippen LogP contribution in [0.15, 0.2) is 24.4 Å². The van der Waals surface area contributed by atoms with Gasteiger partial charge in [-0.25, -0.2) is 0 Å². The number of hydrogen-bond acceptors (Lipinski definition) is 4. The topological polar surface area (TPSA) is 40.6 Å². The molecule has 0 aliphatic rings. The van der Waals surface area contributed by atoms with Crippen molar-refractivity contribution < 1.29 is 14.2 Å². The lowest BCUT2D eigenvalue weighted by Crippen LogP contribution is -2.45. The van der Waals surface area contributed by atoms with E-state index in [-0.39, 0.29) is 0 Å². The highest BCUT2D eigenvalue weighted by Crippen LogP contribution is 2.25. The molecule has 0 bridgehead atoms. The fraction of sp³-hybridized carbons (Fsp3) is 0.500. The van der Waals surface area contributed by atoms with Gasteiger partial charge in [-0.1, -0.05) is 6.07 Å². The predicted molar refractivity (Wildman–Crippen MR) is 56.5 cm³/mol. The van der Waals surface area contributed by atoms with Crippen LogP contribution in [-0.4, -0.2) is 42.8 Å². The Bertz CT molecular complexity index is 292. The van der Waals surface area contributed by atoms with E-state index in [1.807, 2.05) is 18.2 Å². The van der Waals surface area contributed by atoms with Gasteiger partial charge in [0.1, 0.15) is 5.22 Å². The minimum absolute atomic E-state index is 0.575. The maximum absolute atomic E-state index is 5.37. The van der Waals surface area contributed by atoms with E-state index >= 15 is 0 Å². The molecule has 0 fully saturated rings. The van der Waals surface area contributed by atoms with Crippen molar-refractivity contribution in [3.8, 4) is 0 Å². The number of aromatic nitrogens is 1. The quantitative estimate of drug-likeness (QED) is 0.544. The summed E-state index contributed by atoms with van der Waals surface area (Å²) in [5, 5.41) is -0.898. The van der Waals surface area contributed by atoms with Crippen LogP contribution in [0.1, 0.15) is 5.69 Å².